The Balaban J connectivity index is 1.88. The van der Waals surface area contributed by atoms with E-state index in [0.29, 0.717) is 18.1 Å². The highest BCUT2D eigenvalue weighted by Gasteiger charge is 2.17. The first-order valence-corrected chi connectivity index (χ1v) is 9.05. The molecule has 0 saturated heterocycles. The van der Waals surface area contributed by atoms with Gasteiger partial charge >= 0.3 is 0 Å². The van der Waals surface area contributed by atoms with E-state index in [4.69, 9.17) is 0 Å². The van der Waals surface area contributed by atoms with Crippen molar-refractivity contribution in [3.63, 3.8) is 0 Å². The van der Waals surface area contributed by atoms with Crippen LogP contribution in [0.3, 0.4) is 0 Å². The SMILES string of the molecule is CS(=O)Cc1cccc(NC(=O)CC2CCCCC2)c1. The molecule has 2 rings (SSSR count). The molecule has 1 aromatic rings. The molecule has 0 bridgehead atoms. The maximum atomic E-state index is 12.0. The van der Waals surface area contributed by atoms with E-state index < -0.39 is 10.8 Å². The summed E-state index contributed by atoms with van der Waals surface area (Å²) in [5, 5.41) is 2.96. The van der Waals surface area contributed by atoms with Crippen molar-refractivity contribution in [2.75, 3.05) is 11.6 Å². The molecule has 3 nitrogen and oxygen atoms in total. The molecule has 0 aliphatic heterocycles. The van der Waals surface area contributed by atoms with E-state index in [1.807, 2.05) is 24.3 Å². The van der Waals surface area contributed by atoms with Crippen molar-refractivity contribution in [3.05, 3.63) is 29.8 Å². The lowest BCUT2D eigenvalue weighted by atomic mass is 9.87. The van der Waals surface area contributed by atoms with E-state index in [9.17, 15) is 9.00 Å². The molecular formula is C16H23NO2S. The number of carbonyl (C=O) groups is 1. The number of hydrogen-bond donors (Lipinski definition) is 1. The molecule has 1 aliphatic carbocycles. The van der Waals surface area contributed by atoms with Crippen LogP contribution < -0.4 is 5.32 Å². The van der Waals surface area contributed by atoms with Gasteiger partial charge < -0.3 is 5.32 Å². The minimum Gasteiger partial charge on any atom is -0.326 e. The van der Waals surface area contributed by atoms with E-state index in [1.165, 1.54) is 32.1 Å². The van der Waals surface area contributed by atoms with Gasteiger partial charge in [0.25, 0.3) is 0 Å². The summed E-state index contributed by atoms with van der Waals surface area (Å²) in [6.45, 7) is 0. The Morgan fingerprint density at radius 3 is 2.75 bits per heavy atom. The summed E-state index contributed by atoms with van der Waals surface area (Å²) in [7, 11) is -0.856. The molecule has 0 aromatic heterocycles. The topological polar surface area (TPSA) is 46.2 Å². The minimum absolute atomic E-state index is 0.103. The largest absolute Gasteiger partial charge is 0.326 e. The smallest absolute Gasteiger partial charge is 0.224 e. The fourth-order valence-corrected chi connectivity index (χ4v) is 3.49. The Hall–Kier alpha value is -1.16. The van der Waals surface area contributed by atoms with E-state index in [0.717, 1.165) is 11.3 Å². The predicted molar refractivity (Wildman–Crippen MR) is 84.0 cm³/mol. The summed E-state index contributed by atoms with van der Waals surface area (Å²) in [6.07, 6.45) is 8.52. The van der Waals surface area contributed by atoms with Crippen molar-refractivity contribution in [2.45, 2.75) is 44.3 Å². The zero-order valence-electron chi connectivity index (χ0n) is 12.1. The number of nitrogens with one attached hydrogen (secondary N) is 1. The van der Waals surface area contributed by atoms with Gasteiger partial charge in [-0.1, -0.05) is 31.4 Å². The quantitative estimate of drug-likeness (QED) is 0.903. The monoisotopic (exact) mass is 293 g/mol. The molecule has 1 unspecified atom stereocenters. The highest BCUT2D eigenvalue weighted by atomic mass is 32.2. The van der Waals surface area contributed by atoms with Crippen molar-refractivity contribution < 1.29 is 9.00 Å². The van der Waals surface area contributed by atoms with Gasteiger partial charge in [-0.05, 0) is 36.5 Å². The molecule has 110 valence electrons. The van der Waals surface area contributed by atoms with Crippen molar-refractivity contribution in [3.8, 4) is 0 Å². The standard InChI is InChI=1S/C16H23NO2S/c1-20(19)12-14-8-5-9-15(10-14)17-16(18)11-13-6-3-2-4-7-13/h5,8-10,13H,2-4,6-7,11-12H2,1H3,(H,17,18). The van der Waals surface area contributed by atoms with Gasteiger partial charge in [-0.25, -0.2) is 0 Å². The lowest BCUT2D eigenvalue weighted by Crippen LogP contribution is -2.18. The first-order valence-electron chi connectivity index (χ1n) is 7.32. The maximum Gasteiger partial charge on any atom is 0.224 e. The zero-order valence-corrected chi connectivity index (χ0v) is 12.9. The van der Waals surface area contributed by atoms with Crippen LogP contribution in [-0.4, -0.2) is 16.4 Å². The summed E-state index contributed by atoms with van der Waals surface area (Å²) in [4.78, 5) is 12.0. The molecule has 0 radical (unpaired) electrons. The van der Waals surface area contributed by atoms with Gasteiger partial charge in [0.05, 0.1) is 0 Å². The Kier molecular flexibility index (Phi) is 5.77. The van der Waals surface area contributed by atoms with Crippen LogP contribution in [0.4, 0.5) is 5.69 Å². The summed E-state index contributed by atoms with van der Waals surface area (Å²) in [5.74, 6) is 1.19. The van der Waals surface area contributed by atoms with Gasteiger partial charge in [-0.2, -0.15) is 0 Å². The average Bonchev–Trinajstić information content (AvgIpc) is 2.39. The van der Waals surface area contributed by atoms with Crippen molar-refractivity contribution >= 4 is 22.4 Å². The molecule has 0 heterocycles. The zero-order chi connectivity index (χ0) is 14.4. The van der Waals surface area contributed by atoms with E-state index in [2.05, 4.69) is 5.32 Å². The minimum atomic E-state index is -0.856. The van der Waals surface area contributed by atoms with Crippen LogP contribution in [0.1, 0.15) is 44.1 Å². The number of benzene rings is 1. The molecule has 20 heavy (non-hydrogen) atoms. The summed E-state index contributed by atoms with van der Waals surface area (Å²) in [5.41, 5.74) is 1.81. The second kappa shape index (κ2) is 7.58. The van der Waals surface area contributed by atoms with Gasteiger partial charge in [0.1, 0.15) is 0 Å². The van der Waals surface area contributed by atoms with E-state index in [-0.39, 0.29) is 5.91 Å². The number of rotatable bonds is 5. The van der Waals surface area contributed by atoms with E-state index >= 15 is 0 Å². The molecule has 1 atom stereocenters. The Bertz CT molecular complexity index is 481. The number of hydrogen-bond acceptors (Lipinski definition) is 2. The van der Waals surface area contributed by atoms with Crippen LogP contribution in [0.15, 0.2) is 24.3 Å². The Morgan fingerprint density at radius 2 is 2.05 bits per heavy atom. The molecule has 1 N–H and O–H groups in total. The highest BCUT2D eigenvalue weighted by molar-refractivity contribution is 7.83. The van der Waals surface area contributed by atoms with Crippen molar-refractivity contribution in [2.24, 2.45) is 5.92 Å². The first kappa shape index (κ1) is 15.2. The van der Waals surface area contributed by atoms with Crippen LogP contribution in [0.2, 0.25) is 0 Å². The molecule has 1 aromatic carbocycles. The van der Waals surface area contributed by atoms with Crippen LogP contribution in [0.25, 0.3) is 0 Å². The molecule has 1 saturated carbocycles. The molecule has 0 spiro atoms. The Labute approximate surface area is 123 Å². The summed E-state index contributed by atoms with van der Waals surface area (Å²) < 4.78 is 11.2. The normalized spacial score (nSPS) is 17.6. The lowest BCUT2D eigenvalue weighted by Gasteiger charge is -2.20. The number of carbonyl (C=O) groups excluding carboxylic acids is 1. The van der Waals surface area contributed by atoms with Gasteiger partial charge in [0.15, 0.2) is 0 Å². The Morgan fingerprint density at radius 1 is 1.30 bits per heavy atom. The number of amides is 1. The summed E-state index contributed by atoms with van der Waals surface area (Å²) >= 11 is 0. The molecule has 1 fully saturated rings. The molecule has 1 amide bonds. The van der Waals surface area contributed by atoms with Crippen LogP contribution in [-0.2, 0) is 21.3 Å². The summed E-state index contributed by atoms with van der Waals surface area (Å²) in [6, 6.07) is 7.65. The van der Waals surface area contributed by atoms with Crippen molar-refractivity contribution in [1.29, 1.82) is 0 Å². The fourth-order valence-electron chi connectivity index (χ4n) is 2.84. The molecule has 4 heteroatoms. The van der Waals surface area contributed by atoms with Gasteiger partial charge in [-0.3, -0.25) is 9.00 Å². The second-order valence-electron chi connectivity index (χ2n) is 5.67. The van der Waals surface area contributed by atoms with E-state index in [1.54, 1.807) is 6.26 Å². The van der Waals surface area contributed by atoms with Gasteiger partial charge in [-0.15, -0.1) is 0 Å². The van der Waals surface area contributed by atoms with Crippen LogP contribution in [0.5, 0.6) is 0 Å². The van der Waals surface area contributed by atoms with Gasteiger partial charge in [0, 0.05) is 34.9 Å². The third-order valence-corrected chi connectivity index (χ3v) is 4.52. The van der Waals surface area contributed by atoms with Gasteiger partial charge in [0.2, 0.25) is 5.91 Å². The number of anilines is 1. The molecule has 1 aliphatic rings. The third-order valence-electron chi connectivity index (χ3n) is 3.78. The maximum absolute atomic E-state index is 12.0. The van der Waals surface area contributed by atoms with Crippen LogP contribution >= 0.6 is 0 Å². The second-order valence-corrected chi connectivity index (χ2v) is 7.11. The lowest BCUT2D eigenvalue weighted by molar-refractivity contribution is -0.117. The average molecular weight is 293 g/mol. The first-order chi connectivity index (χ1) is 9.63. The third kappa shape index (κ3) is 5.08. The fraction of sp³-hybridized carbons (Fsp3) is 0.562. The predicted octanol–water partition coefficient (Wildman–Crippen LogP) is 3.47. The molecular weight excluding hydrogens is 270 g/mol. The highest BCUT2D eigenvalue weighted by Crippen LogP contribution is 2.26. The van der Waals surface area contributed by atoms with Crippen molar-refractivity contribution in [1.82, 2.24) is 0 Å². The van der Waals surface area contributed by atoms with Crippen LogP contribution in [0, 0.1) is 5.92 Å².